The standard InChI is InChI=1S/C14H17F3N2O2/c1-9(2)21-11-5-3-10(4-6-11)13(14(15,16)17)19-8-7-12(20)18-19/h3-6,9,13H,7-8H2,1-2H3,(H,18,20)/t13-/m0/s1. The SMILES string of the molecule is CC(C)Oc1ccc([C@H](N2CCC(=O)N2)C(F)(F)F)cc1. The molecule has 1 aliphatic heterocycles. The van der Waals surface area contributed by atoms with Gasteiger partial charge in [0.2, 0.25) is 5.91 Å². The molecule has 1 amide bonds. The number of carbonyl (C=O) groups is 1. The summed E-state index contributed by atoms with van der Waals surface area (Å²) in [7, 11) is 0. The maximum absolute atomic E-state index is 13.3. The molecule has 0 spiro atoms. The molecule has 21 heavy (non-hydrogen) atoms. The van der Waals surface area contributed by atoms with Crippen molar-refractivity contribution in [1.82, 2.24) is 10.4 Å². The molecule has 1 aromatic rings. The maximum atomic E-state index is 13.3. The number of hydrazine groups is 1. The Balaban J connectivity index is 2.23. The van der Waals surface area contributed by atoms with Crippen LogP contribution in [0, 0.1) is 0 Å². The van der Waals surface area contributed by atoms with Crippen LogP contribution in [0.25, 0.3) is 0 Å². The summed E-state index contributed by atoms with van der Waals surface area (Å²) in [5.41, 5.74) is 2.32. The fourth-order valence-corrected chi connectivity index (χ4v) is 2.23. The zero-order valence-electron chi connectivity index (χ0n) is 11.8. The van der Waals surface area contributed by atoms with E-state index in [1.54, 1.807) is 0 Å². The number of halogens is 3. The van der Waals surface area contributed by atoms with Crippen LogP contribution >= 0.6 is 0 Å². The lowest BCUT2D eigenvalue weighted by Crippen LogP contribution is -2.43. The average molecular weight is 302 g/mol. The molecule has 116 valence electrons. The highest BCUT2D eigenvalue weighted by Crippen LogP contribution is 2.38. The molecule has 0 saturated carbocycles. The zero-order chi connectivity index (χ0) is 15.6. The van der Waals surface area contributed by atoms with E-state index in [0.717, 1.165) is 5.01 Å². The second-order valence-corrected chi connectivity index (χ2v) is 5.16. The van der Waals surface area contributed by atoms with Crippen LogP contribution in [0.5, 0.6) is 5.75 Å². The first-order valence-corrected chi connectivity index (χ1v) is 6.67. The van der Waals surface area contributed by atoms with Crippen molar-refractivity contribution in [1.29, 1.82) is 0 Å². The molecule has 4 nitrogen and oxygen atoms in total. The fraction of sp³-hybridized carbons (Fsp3) is 0.500. The fourth-order valence-electron chi connectivity index (χ4n) is 2.23. The van der Waals surface area contributed by atoms with Crippen LogP contribution in [-0.4, -0.2) is 29.7 Å². The quantitative estimate of drug-likeness (QED) is 0.930. The van der Waals surface area contributed by atoms with Gasteiger partial charge in [-0.15, -0.1) is 0 Å². The number of amides is 1. The van der Waals surface area contributed by atoms with Crippen molar-refractivity contribution in [2.45, 2.75) is 38.6 Å². The Morgan fingerprint density at radius 3 is 2.29 bits per heavy atom. The monoisotopic (exact) mass is 302 g/mol. The van der Waals surface area contributed by atoms with Crippen molar-refractivity contribution in [3.8, 4) is 5.75 Å². The van der Waals surface area contributed by atoms with E-state index >= 15 is 0 Å². The van der Waals surface area contributed by atoms with Gasteiger partial charge in [0.15, 0.2) is 0 Å². The molecule has 1 aliphatic rings. The van der Waals surface area contributed by atoms with E-state index in [-0.39, 0.29) is 24.6 Å². The van der Waals surface area contributed by atoms with E-state index in [4.69, 9.17) is 4.74 Å². The van der Waals surface area contributed by atoms with Crippen molar-refractivity contribution in [3.05, 3.63) is 29.8 Å². The third kappa shape index (κ3) is 3.87. The van der Waals surface area contributed by atoms with Gasteiger partial charge in [-0.25, -0.2) is 5.01 Å². The van der Waals surface area contributed by atoms with Gasteiger partial charge in [-0.2, -0.15) is 13.2 Å². The minimum absolute atomic E-state index is 0.0350. The van der Waals surface area contributed by atoms with E-state index in [9.17, 15) is 18.0 Å². The van der Waals surface area contributed by atoms with Crippen molar-refractivity contribution in [2.24, 2.45) is 0 Å². The molecule has 1 saturated heterocycles. The van der Waals surface area contributed by atoms with Crippen molar-refractivity contribution in [2.75, 3.05) is 6.54 Å². The van der Waals surface area contributed by atoms with Gasteiger partial charge >= 0.3 is 6.18 Å². The van der Waals surface area contributed by atoms with Crippen LogP contribution in [-0.2, 0) is 4.79 Å². The van der Waals surface area contributed by atoms with E-state index in [1.165, 1.54) is 24.3 Å². The molecule has 1 atom stereocenters. The molecular weight excluding hydrogens is 285 g/mol. The van der Waals surface area contributed by atoms with Gasteiger partial charge in [0.25, 0.3) is 0 Å². The largest absolute Gasteiger partial charge is 0.491 e. The summed E-state index contributed by atoms with van der Waals surface area (Å²) in [6.07, 6.45) is -4.45. The highest BCUT2D eigenvalue weighted by Gasteiger charge is 2.46. The molecule has 1 heterocycles. The second kappa shape index (κ2) is 5.93. The highest BCUT2D eigenvalue weighted by molar-refractivity contribution is 5.77. The van der Waals surface area contributed by atoms with Crippen LogP contribution in [0.3, 0.4) is 0 Å². The molecule has 1 N–H and O–H groups in total. The van der Waals surface area contributed by atoms with Crippen LogP contribution in [0.2, 0.25) is 0 Å². The molecule has 0 unspecified atom stereocenters. The van der Waals surface area contributed by atoms with Gasteiger partial charge in [0.1, 0.15) is 11.8 Å². The number of benzene rings is 1. The smallest absolute Gasteiger partial charge is 0.409 e. The summed E-state index contributed by atoms with van der Waals surface area (Å²) in [5.74, 6) is 0.115. The van der Waals surface area contributed by atoms with Crippen molar-refractivity contribution < 1.29 is 22.7 Å². The number of hydrogen-bond donors (Lipinski definition) is 1. The molecule has 1 fully saturated rings. The normalized spacial score (nSPS) is 17.9. The van der Waals surface area contributed by atoms with E-state index < -0.39 is 18.1 Å². The topological polar surface area (TPSA) is 41.6 Å². The number of hydrogen-bond acceptors (Lipinski definition) is 3. The minimum atomic E-state index is -4.47. The molecular formula is C14H17F3N2O2. The Morgan fingerprint density at radius 2 is 1.86 bits per heavy atom. The summed E-state index contributed by atoms with van der Waals surface area (Å²) in [6.45, 7) is 3.71. The van der Waals surface area contributed by atoms with Crippen LogP contribution < -0.4 is 10.2 Å². The summed E-state index contributed by atoms with van der Waals surface area (Å²) in [4.78, 5) is 11.2. The summed E-state index contributed by atoms with van der Waals surface area (Å²) in [6, 6.07) is 3.91. The number of rotatable bonds is 4. The van der Waals surface area contributed by atoms with E-state index in [1.807, 2.05) is 13.8 Å². The van der Waals surface area contributed by atoms with Gasteiger partial charge in [0.05, 0.1) is 6.10 Å². The Morgan fingerprint density at radius 1 is 1.24 bits per heavy atom. The first-order valence-electron chi connectivity index (χ1n) is 6.67. The zero-order valence-corrected chi connectivity index (χ0v) is 11.8. The summed E-state index contributed by atoms with van der Waals surface area (Å²) >= 11 is 0. The number of alkyl halides is 3. The Bertz CT molecular complexity index is 500. The molecule has 7 heteroatoms. The third-order valence-corrected chi connectivity index (χ3v) is 3.04. The Labute approximate surface area is 120 Å². The molecule has 0 aliphatic carbocycles. The molecule has 0 aromatic heterocycles. The van der Waals surface area contributed by atoms with E-state index in [0.29, 0.717) is 5.75 Å². The van der Waals surface area contributed by atoms with E-state index in [2.05, 4.69) is 5.43 Å². The number of nitrogens with one attached hydrogen (secondary N) is 1. The average Bonchev–Trinajstić information content (AvgIpc) is 2.75. The van der Waals surface area contributed by atoms with Gasteiger partial charge in [-0.05, 0) is 31.5 Å². The molecule has 0 radical (unpaired) electrons. The number of ether oxygens (including phenoxy) is 1. The van der Waals surface area contributed by atoms with Crippen LogP contribution in [0.15, 0.2) is 24.3 Å². The molecule has 1 aromatic carbocycles. The highest BCUT2D eigenvalue weighted by atomic mass is 19.4. The lowest BCUT2D eigenvalue weighted by molar-refractivity contribution is -0.191. The van der Waals surface area contributed by atoms with Gasteiger partial charge in [-0.3, -0.25) is 10.2 Å². The predicted molar refractivity (Wildman–Crippen MR) is 70.5 cm³/mol. The van der Waals surface area contributed by atoms with Crippen molar-refractivity contribution >= 4 is 5.91 Å². The Kier molecular flexibility index (Phi) is 4.41. The lowest BCUT2D eigenvalue weighted by Gasteiger charge is -2.29. The summed E-state index contributed by atoms with van der Waals surface area (Å²) in [5, 5.41) is 0.931. The first-order chi connectivity index (χ1) is 9.77. The van der Waals surface area contributed by atoms with Gasteiger partial charge < -0.3 is 4.74 Å². The van der Waals surface area contributed by atoms with Gasteiger partial charge in [0, 0.05) is 13.0 Å². The lowest BCUT2D eigenvalue weighted by atomic mass is 10.1. The molecule has 0 bridgehead atoms. The van der Waals surface area contributed by atoms with Crippen molar-refractivity contribution in [3.63, 3.8) is 0 Å². The molecule has 2 rings (SSSR count). The van der Waals surface area contributed by atoms with Crippen LogP contribution in [0.1, 0.15) is 31.9 Å². The van der Waals surface area contributed by atoms with Gasteiger partial charge in [-0.1, -0.05) is 12.1 Å². The third-order valence-electron chi connectivity index (χ3n) is 3.04. The second-order valence-electron chi connectivity index (χ2n) is 5.16. The Hall–Kier alpha value is -1.76. The summed E-state index contributed by atoms with van der Waals surface area (Å²) < 4.78 is 45.2. The number of carbonyl (C=O) groups excluding carboxylic acids is 1. The minimum Gasteiger partial charge on any atom is -0.491 e. The first kappa shape index (κ1) is 15.6. The van der Waals surface area contributed by atoms with Crippen LogP contribution in [0.4, 0.5) is 13.2 Å². The predicted octanol–water partition coefficient (Wildman–Crippen LogP) is 2.81. The number of nitrogens with zero attached hydrogens (tertiary/aromatic N) is 1. The maximum Gasteiger partial charge on any atom is 0.409 e.